The van der Waals surface area contributed by atoms with Crippen LogP contribution in [0.4, 0.5) is 4.39 Å². The minimum absolute atomic E-state index is 0.161. The predicted molar refractivity (Wildman–Crippen MR) is 112 cm³/mol. The molecule has 0 unspecified atom stereocenters. The van der Waals surface area contributed by atoms with Crippen LogP contribution in [0.5, 0.6) is 11.5 Å². The van der Waals surface area contributed by atoms with Crippen LogP contribution in [-0.4, -0.2) is 47.2 Å². The molecule has 4 rings (SSSR count). The van der Waals surface area contributed by atoms with Crippen LogP contribution in [-0.2, 0) is 22.7 Å². The number of para-hydroxylation sites is 1. The molecule has 0 atom stereocenters. The fourth-order valence-corrected chi connectivity index (χ4v) is 3.62. The molecule has 0 fully saturated rings. The van der Waals surface area contributed by atoms with Crippen molar-refractivity contribution in [2.24, 2.45) is 5.10 Å². The van der Waals surface area contributed by atoms with Crippen molar-refractivity contribution in [1.82, 2.24) is 9.91 Å². The summed E-state index contributed by atoms with van der Waals surface area (Å²) in [6.07, 6.45) is 0.502. The lowest BCUT2D eigenvalue weighted by molar-refractivity contribution is -0.132. The normalized spacial score (nSPS) is 15.5. The molecule has 0 saturated heterocycles. The molecule has 7 nitrogen and oxygen atoms in total. The summed E-state index contributed by atoms with van der Waals surface area (Å²) in [5.41, 5.74) is 1.95. The van der Waals surface area contributed by atoms with Gasteiger partial charge < -0.3 is 14.4 Å². The average Bonchev–Trinajstić information content (AvgIpc) is 2.80. The quantitative estimate of drug-likeness (QED) is 0.713. The first-order valence-corrected chi connectivity index (χ1v) is 10.3. The maximum absolute atomic E-state index is 13.2. The van der Waals surface area contributed by atoms with Crippen LogP contribution in [0.25, 0.3) is 0 Å². The van der Waals surface area contributed by atoms with Crippen molar-refractivity contribution in [3.63, 3.8) is 0 Å². The minimum Gasteiger partial charge on any atom is -0.486 e. The van der Waals surface area contributed by atoms with E-state index in [1.54, 1.807) is 17.0 Å². The van der Waals surface area contributed by atoms with Crippen molar-refractivity contribution >= 4 is 17.5 Å². The predicted octanol–water partition coefficient (Wildman–Crippen LogP) is 3.12. The Morgan fingerprint density at radius 2 is 1.90 bits per heavy atom. The zero-order valence-electron chi connectivity index (χ0n) is 17.3. The SMILES string of the molecule is CCN(Cc1cccc2c1OCCO2)C(=O)C1=NN(Cc2ccc(F)cc2)C(=O)CC1. The Balaban J connectivity index is 1.51. The fraction of sp³-hybridized carbons (Fsp3) is 0.348. The Labute approximate surface area is 180 Å². The molecule has 2 aliphatic rings. The Kier molecular flexibility index (Phi) is 6.16. The number of ether oxygens (including phenoxy) is 2. The number of hydrogen-bond acceptors (Lipinski definition) is 5. The number of halogens is 1. The fourth-order valence-electron chi connectivity index (χ4n) is 3.62. The molecular weight excluding hydrogens is 401 g/mol. The van der Waals surface area contributed by atoms with E-state index in [0.29, 0.717) is 49.9 Å². The van der Waals surface area contributed by atoms with Gasteiger partial charge in [-0.25, -0.2) is 9.40 Å². The van der Waals surface area contributed by atoms with Crippen molar-refractivity contribution in [1.29, 1.82) is 0 Å². The summed E-state index contributed by atoms with van der Waals surface area (Å²) in [6, 6.07) is 11.5. The van der Waals surface area contributed by atoms with Crippen molar-refractivity contribution < 1.29 is 23.5 Å². The third kappa shape index (κ3) is 4.68. The Morgan fingerprint density at radius 1 is 1.13 bits per heavy atom. The lowest BCUT2D eigenvalue weighted by Crippen LogP contribution is -2.41. The lowest BCUT2D eigenvalue weighted by Gasteiger charge is -2.28. The Morgan fingerprint density at radius 3 is 2.68 bits per heavy atom. The van der Waals surface area contributed by atoms with Gasteiger partial charge in [-0.2, -0.15) is 5.10 Å². The van der Waals surface area contributed by atoms with E-state index in [1.807, 2.05) is 25.1 Å². The van der Waals surface area contributed by atoms with E-state index >= 15 is 0 Å². The molecule has 2 heterocycles. The zero-order chi connectivity index (χ0) is 21.8. The second-order valence-corrected chi connectivity index (χ2v) is 7.39. The standard InChI is InChI=1S/C23H24FN3O4/c1-2-26(15-17-4-3-5-20-22(17)31-13-12-30-20)23(29)19-10-11-21(28)27(25-19)14-16-6-8-18(24)9-7-16/h3-9H,2,10-15H2,1H3. The van der Waals surface area contributed by atoms with E-state index in [4.69, 9.17) is 9.47 Å². The van der Waals surface area contributed by atoms with E-state index in [1.165, 1.54) is 17.1 Å². The van der Waals surface area contributed by atoms with Crippen LogP contribution < -0.4 is 9.47 Å². The summed E-state index contributed by atoms with van der Waals surface area (Å²) in [5.74, 6) is 0.626. The third-order valence-electron chi connectivity index (χ3n) is 5.28. The first-order chi connectivity index (χ1) is 15.0. The smallest absolute Gasteiger partial charge is 0.270 e. The number of carbonyl (C=O) groups is 2. The summed E-state index contributed by atoms with van der Waals surface area (Å²) in [7, 11) is 0. The molecule has 0 N–H and O–H groups in total. The lowest BCUT2D eigenvalue weighted by atomic mass is 10.1. The zero-order valence-corrected chi connectivity index (χ0v) is 17.3. The minimum atomic E-state index is -0.343. The Bertz CT molecular complexity index is 1010. The number of rotatable bonds is 6. The number of fused-ring (bicyclic) bond motifs is 1. The number of benzene rings is 2. The van der Waals surface area contributed by atoms with Gasteiger partial charge in [-0.1, -0.05) is 24.3 Å². The molecule has 8 heteroatoms. The molecule has 0 aromatic heterocycles. The highest BCUT2D eigenvalue weighted by molar-refractivity contribution is 6.39. The molecule has 0 bridgehead atoms. The van der Waals surface area contributed by atoms with Crippen LogP contribution in [0.2, 0.25) is 0 Å². The molecule has 2 aromatic rings. The first kappa shape index (κ1) is 20.8. The highest BCUT2D eigenvalue weighted by Crippen LogP contribution is 2.34. The first-order valence-electron chi connectivity index (χ1n) is 10.3. The third-order valence-corrected chi connectivity index (χ3v) is 5.28. The molecule has 2 aromatic carbocycles. The summed E-state index contributed by atoms with van der Waals surface area (Å²) < 4.78 is 24.5. The van der Waals surface area contributed by atoms with Gasteiger partial charge in [0.25, 0.3) is 5.91 Å². The van der Waals surface area contributed by atoms with Crippen LogP contribution in [0.1, 0.15) is 30.9 Å². The second-order valence-electron chi connectivity index (χ2n) is 7.39. The van der Waals surface area contributed by atoms with Crippen molar-refractivity contribution in [3.05, 3.63) is 59.4 Å². The van der Waals surface area contributed by atoms with Gasteiger partial charge in [0.15, 0.2) is 11.5 Å². The van der Waals surface area contributed by atoms with Crippen LogP contribution in [0, 0.1) is 5.82 Å². The van der Waals surface area contributed by atoms with Crippen LogP contribution in [0.15, 0.2) is 47.6 Å². The summed E-state index contributed by atoms with van der Waals surface area (Å²) in [5, 5.41) is 5.63. The highest BCUT2D eigenvalue weighted by Gasteiger charge is 2.28. The summed E-state index contributed by atoms with van der Waals surface area (Å²) in [6.45, 7) is 3.90. The monoisotopic (exact) mass is 425 g/mol. The van der Waals surface area contributed by atoms with Gasteiger partial charge in [-0.15, -0.1) is 0 Å². The average molecular weight is 425 g/mol. The van der Waals surface area contributed by atoms with Gasteiger partial charge in [-0.05, 0) is 30.7 Å². The van der Waals surface area contributed by atoms with Gasteiger partial charge in [0.2, 0.25) is 5.91 Å². The van der Waals surface area contributed by atoms with E-state index in [2.05, 4.69) is 5.10 Å². The van der Waals surface area contributed by atoms with E-state index < -0.39 is 0 Å². The van der Waals surface area contributed by atoms with E-state index in [9.17, 15) is 14.0 Å². The number of carbonyl (C=O) groups excluding carboxylic acids is 2. The molecule has 162 valence electrons. The van der Waals surface area contributed by atoms with E-state index in [0.717, 1.165) is 11.1 Å². The Hall–Kier alpha value is -3.42. The van der Waals surface area contributed by atoms with Gasteiger partial charge in [0, 0.05) is 31.5 Å². The number of nitrogens with zero attached hydrogens (tertiary/aromatic N) is 3. The van der Waals surface area contributed by atoms with Gasteiger partial charge >= 0.3 is 0 Å². The maximum atomic E-state index is 13.2. The van der Waals surface area contributed by atoms with E-state index in [-0.39, 0.29) is 30.6 Å². The molecular formula is C23H24FN3O4. The summed E-state index contributed by atoms with van der Waals surface area (Å²) >= 11 is 0. The largest absolute Gasteiger partial charge is 0.486 e. The second kappa shape index (κ2) is 9.16. The highest BCUT2D eigenvalue weighted by atomic mass is 19.1. The molecule has 2 aliphatic heterocycles. The van der Waals surface area contributed by atoms with Crippen molar-refractivity contribution in [3.8, 4) is 11.5 Å². The van der Waals surface area contributed by atoms with Crippen molar-refractivity contribution in [2.45, 2.75) is 32.9 Å². The van der Waals surface area contributed by atoms with Gasteiger partial charge in [0.1, 0.15) is 24.7 Å². The molecule has 31 heavy (non-hydrogen) atoms. The summed E-state index contributed by atoms with van der Waals surface area (Å²) in [4.78, 5) is 27.2. The molecule has 2 amide bonds. The van der Waals surface area contributed by atoms with Gasteiger partial charge in [0.05, 0.1) is 6.54 Å². The maximum Gasteiger partial charge on any atom is 0.270 e. The molecule has 0 spiro atoms. The van der Waals surface area contributed by atoms with Crippen LogP contribution >= 0.6 is 0 Å². The van der Waals surface area contributed by atoms with Crippen molar-refractivity contribution in [2.75, 3.05) is 19.8 Å². The topological polar surface area (TPSA) is 71.4 Å². The number of hydrazone groups is 1. The molecule has 0 radical (unpaired) electrons. The van der Waals surface area contributed by atoms with Crippen LogP contribution in [0.3, 0.4) is 0 Å². The molecule has 0 saturated carbocycles. The van der Waals surface area contributed by atoms with Gasteiger partial charge in [-0.3, -0.25) is 9.59 Å². The molecule has 0 aliphatic carbocycles. The number of hydrogen-bond donors (Lipinski definition) is 0. The number of amides is 2.